The van der Waals surface area contributed by atoms with E-state index in [4.69, 9.17) is 4.74 Å². The molecule has 2 heterocycles. The maximum absolute atomic E-state index is 11.4. The Balaban J connectivity index is 1.72. The van der Waals surface area contributed by atoms with Gasteiger partial charge in [-0.25, -0.2) is 0 Å². The monoisotopic (exact) mass is 464 g/mol. The lowest BCUT2D eigenvalue weighted by Crippen LogP contribution is -2.43. The van der Waals surface area contributed by atoms with Gasteiger partial charge in [0.2, 0.25) is 0 Å². The van der Waals surface area contributed by atoms with Crippen LogP contribution in [-0.4, -0.2) is 11.5 Å². The number of non-ortho nitro benzene ring substituents is 1. The van der Waals surface area contributed by atoms with Crippen LogP contribution in [0.2, 0.25) is 0 Å². The molecule has 0 bridgehead atoms. The van der Waals surface area contributed by atoms with Crippen molar-refractivity contribution in [2.75, 3.05) is 11.9 Å². The highest BCUT2D eigenvalue weighted by molar-refractivity contribution is 9.10. The van der Waals surface area contributed by atoms with Gasteiger partial charge in [0, 0.05) is 40.4 Å². The van der Waals surface area contributed by atoms with Gasteiger partial charge in [-0.2, -0.15) is 0 Å². The van der Waals surface area contributed by atoms with Crippen LogP contribution in [0.1, 0.15) is 34.7 Å². The molecule has 3 atom stereocenters. The van der Waals surface area contributed by atoms with E-state index in [9.17, 15) is 10.1 Å². The van der Waals surface area contributed by atoms with Crippen LogP contribution in [0.15, 0.2) is 71.2 Å². The molecule has 2 aliphatic rings. The standard InChI is InChI=1S/C24H21BrN2O3/c1-15-5-10-22-21(13-15)24(17-6-8-18(25)9-7-17)20(11-12-30-24)23(26-22)16-3-2-4-19(14-16)27(28)29/h2-10,13-14,20,23,26H,11-12H2,1H3/t20-,23-,24-/m0/s1. The Kier molecular flexibility index (Phi) is 4.64. The number of nitrogens with one attached hydrogen (secondary N) is 1. The van der Waals surface area contributed by atoms with E-state index >= 15 is 0 Å². The second kappa shape index (κ2) is 7.22. The molecule has 1 fully saturated rings. The Bertz CT molecular complexity index is 1130. The highest BCUT2D eigenvalue weighted by atomic mass is 79.9. The lowest BCUT2D eigenvalue weighted by molar-refractivity contribution is -0.384. The number of nitro benzene ring substituents is 1. The summed E-state index contributed by atoms with van der Waals surface area (Å²) in [6.07, 6.45) is 0.865. The van der Waals surface area contributed by atoms with E-state index in [1.54, 1.807) is 12.1 Å². The molecule has 2 aliphatic heterocycles. The third-order valence-corrected chi connectivity index (χ3v) is 6.81. The highest BCUT2D eigenvalue weighted by Gasteiger charge is 2.54. The van der Waals surface area contributed by atoms with Gasteiger partial charge in [0.25, 0.3) is 5.69 Å². The predicted octanol–water partition coefficient (Wildman–Crippen LogP) is 6.11. The fourth-order valence-corrected chi connectivity index (χ4v) is 5.26. The van der Waals surface area contributed by atoms with E-state index in [1.807, 2.05) is 18.2 Å². The summed E-state index contributed by atoms with van der Waals surface area (Å²) >= 11 is 3.54. The Labute approximate surface area is 183 Å². The van der Waals surface area contributed by atoms with E-state index in [1.165, 1.54) is 11.6 Å². The van der Waals surface area contributed by atoms with Gasteiger partial charge < -0.3 is 10.1 Å². The molecule has 0 spiro atoms. The zero-order chi connectivity index (χ0) is 20.9. The molecule has 0 saturated carbocycles. The summed E-state index contributed by atoms with van der Waals surface area (Å²) in [7, 11) is 0. The molecule has 0 radical (unpaired) electrons. The number of nitro groups is 1. The van der Waals surface area contributed by atoms with Crippen molar-refractivity contribution in [2.45, 2.75) is 25.0 Å². The number of nitrogens with zero attached hydrogens (tertiary/aromatic N) is 1. The van der Waals surface area contributed by atoms with Gasteiger partial charge >= 0.3 is 0 Å². The van der Waals surface area contributed by atoms with E-state index < -0.39 is 5.60 Å². The molecule has 5 rings (SSSR count). The normalized spacial score (nSPS) is 24.6. The molecule has 0 aromatic heterocycles. The number of hydrogen-bond acceptors (Lipinski definition) is 4. The third-order valence-electron chi connectivity index (χ3n) is 6.28. The SMILES string of the molecule is Cc1ccc2c(c1)[C@@]1(c3ccc(Br)cc3)OCC[C@H]1[C@H](c1cccc([N+](=O)[O-])c1)N2. The topological polar surface area (TPSA) is 64.4 Å². The fourth-order valence-electron chi connectivity index (χ4n) is 4.99. The minimum atomic E-state index is -0.595. The van der Waals surface area contributed by atoms with Gasteiger partial charge in [0.05, 0.1) is 11.0 Å². The van der Waals surface area contributed by atoms with Crippen molar-refractivity contribution < 1.29 is 9.66 Å². The lowest BCUT2D eigenvalue weighted by atomic mass is 9.68. The number of ether oxygens (including phenoxy) is 1. The Morgan fingerprint density at radius 2 is 1.93 bits per heavy atom. The first-order valence-electron chi connectivity index (χ1n) is 10.0. The molecule has 1 saturated heterocycles. The largest absolute Gasteiger partial charge is 0.377 e. The smallest absolute Gasteiger partial charge is 0.269 e. The summed E-state index contributed by atoms with van der Waals surface area (Å²) in [6, 6.07) is 21.6. The molecule has 152 valence electrons. The molecule has 1 N–H and O–H groups in total. The van der Waals surface area contributed by atoms with Crippen LogP contribution in [0.3, 0.4) is 0 Å². The predicted molar refractivity (Wildman–Crippen MR) is 120 cm³/mol. The second-order valence-electron chi connectivity index (χ2n) is 8.01. The number of fused-ring (bicyclic) bond motifs is 3. The van der Waals surface area contributed by atoms with Crippen molar-refractivity contribution in [1.29, 1.82) is 0 Å². The molecule has 3 aromatic carbocycles. The fraction of sp³-hybridized carbons (Fsp3) is 0.250. The first kappa shape index (κ1) is 19.3. The summed E-state index contributed by atoms with van der Waals surface area (Å²) < 4.78 is 7.61. The lowest BCUT2D eigenvalue weighted by Gasteiger charge is -2.45. The number of anilines is 1. The summed E-state index contributed by atoms with van der Waals surface area (Å²) in [4.78, 5) is 11.0. The van der Waals surface area contributed by atoms with Crippen molar-refractivity contribution in [2.24, 2.45) is 5.92 Å². The summed E-state index contributed by atoms with van der Waals surface area (Å²) in [6.45, 7) is 2.73. The van der Waals surface area contributed by atoms with Crippen molar-refractivity contribution in [3.8, 4) is 0 Å². The van der Waals surface area contributed by atoms with E-state index in [0.29, 0.717) is 6.61 Å². The van der Waals surface area contributed by atoms with Crippen molar-refractivity contribution in [3.05, 3.63) is 104 Å². The van der Waals surface area contributed by atoms with Crippen LogP contribution in [0.5, 0.6) is 0 Å². The van der Waals surface area contributed by atoms with Gasteiger partial charge in [-0.3, -0.25) is 10.1 Å². The molecular formula is C24H21BrN2O3. The van der Waals surface area contributed by atoms with E-state index in [-0.39, 0.29) is 22.6 Å². The Morgan fingerprint density at radius 3 is 2.70 bits per heavy atom. The number of benzene rings is 3. The highest BCUT2D eigenvalue weighted by Crippen LogP contribution is 2.57. The number of aryl methyl sites for hydroxylation is 1. The minimum absolute atomic E-state index is 0.0914. The molecule has 0 amide bonds. The number of rotatable bonds is 3. The van der Waals surface area contributed by atoms with Crippen LogP contribution in [-0.2, 0) is 10.3 Å². The maximum atomic E-state index is 11.4. The molecule has 30 heavy (non-hydrogen) atoms. The number of hydrogen-bond donors (Lipinski definition) is 1. The molecule has 0 unspecified atom stereocenters. The van der Waals surface area contributed by atoms with Crippen molar-refractivity contribution in [1.82, 2.24) is 0 Å². The zero-order valence-electron chi connectivity index (χ0n) is 16.5. The average molecular weight is 465 g/mol. The van der Waals surface area contributed by atoms with Gasteiger partial charge in [0.15, 0.2) is 0 Å². The summed E-state index contributed by atoms with van der Waals surface area (Å²) in [5, 5.41) is 15.0. The molecule has 6 heteroatoms. The van der Waals surface area contributed by atoms with Gasteiger partial charge in [-0.05, 0) is 42.7 Å². The molecule has 3 aromatic rings. The minimum Gasteiger partial charge on any atom is -0.377 e. The van der Waals surface area contributed by atoms with Crippen molar-refractivity contribution in [3.63, 3.8) is 0 Å². The van der Waals surface area contributed by atoms with Crippen LogP contribution >= 0.6 is 15.9 Å². The average Bonchev–Trinajstić information content (AvgIpc) is 3.20. The Morgan fingerprint density at radius 1 is 1.13 bits per heavy atom. The number of halogens is 1. The van der Waals surface area contributed by atoms with Crippen LogP contribution in [0, 0.1) is 23.0 Å². The zero-order valence-corrected chi connectivity index (χ0v) is 18.1. The van der Waals surface area contributed by atoms with Crippen LogP contribution in [0.25, 0.3) is 0 Å². The van der Waals surface area contributed by atoms with Gasteiger partial charge in [-0.1, -0.05) is 57.9 Å². The molecule has 5 nitrogen and oxygen atoms in total. The molecular weight excluding hydrogens is 444 g/mol. The quantitative estimate of drug-likeness (QED) is 0.374. The summed E-state index contributed by atoms with van der Waals surface area (Å²) in [5.74, 6) is 0.106. The second-order valence-corrected chi connectivity index (χ2v) is 8.92. The van der Waals surface area contributed by atoms with Crippen molar-refractivity contribution >= 4 is 27.3 Å². The molecule has 0 aliphatic carbocycles. The Hall–Kier alpha value is -2.70. The first-order valence-corrected chi connectivity index (χ1v) is 10.8. The van der Waals surface area contributed by atoms with E-state index in [0.717, 1.165) is 33.3 Å². The van der Waals surface area contributed by atoms with Gasteiger partial charge in [0.1, 0.15) is 5.60 Å². The van der Waals surface area contributed by atoms with Crippen LogP contribution < -0.4 is 5.32 Å². The third kappa shape index (κ3) is 2.94. The maximum Gasteiger partial charge on any atom is 0.269 e. The first-order chi connectivity index (χ1) is 14.5. The van der Waals surface area contributed by atoms with E-state index in [2.05, 4.69) is 58.5 Å². The van der Waals surface area contributed by atoms with Crippen LogP contribution in [0.4, 0.5) is 11.4 Å². The summed E-state index contributed by atoms with van der Waals surface area (Å²) in [5.41, 5.74) is 4.85. The van der Waals surface area contributed by atoms with Gasteiger partial charge in [-0.15, -0.1) is 0 Å².